The number of rotatable bonds is 8. The molecule has 0 heterocycles. The van der Waals surface area contributed by atoms with E-state index in [-0.39, 0.29) is 0 Å². The second-order valence-corrected chi connectivity index (χ2v) is 10.2. The first-order valence-corrected chi connectivity index (χ1v) is 13.7. The molecule has 5 aromatic carbocycles. The summed E-state index contributed by atoms with van der Waals surface area (Å²) in [6.45, 7) is 4.67. The molecule has 0 fully saturated rings. The minimum atomic E-state index is -0.436. The van der Waals surface area contributed by atoms with Crippen LogP contribution >= 0.6 is 0 Å². The van der Waals surface area contributed by atoms with E-state index in [2.05, 4.69) is 152 Å². The Morgan fingerprint density at radius 3 is 1.90 bits per heavy atom. The van der Waals surface area contributed by atoms with E-state index in [1.54, 1.807) is 0 Å². The van der Waals surface area contributed by atoms with Gasteiger partial charge >= 0.3 is 0 Å². The molecule has 1 N–H and O–H groups in total. The van der Waals surface area contributed by atoms with Crippen LogP contribution in [0.4, 0.5) is 0 Å². The van der Waals surface area contributed by atoms with E-state index >= 15 is 0 Å². The van der Waals surface area contributed by atoms with Gasteiger partial charge in [-0.2, -0.15) is 0 Å². The van der Waals surface area contributed by atoms with Gasteiger partial charge in [-0.25, -0.2) is 0 Å². The fraction of sp³-hybridized carbons (Fsp3) is 0.105. The summed E-state index contributed by atoms with van der Waals surface area (Å²) in [5.41, 5.74) is 12.2. The van der Waals surface area contributed by atoms with Gasteiger partial charge in [-0.3, -0.25) is 0 Å². The normalized spacial score (nSPS) is 13.4. The smallest absolute Gasteiger partial charge is 0.0713 e. The number of benzene rings is 5. The van der Waals surface area contributed by atoms with Crippen molar-refractivity contribution in [3.05, 3.63) is 180 Å². The molecule has 1 aliphatic rings. The van der Waals surface area contributed by atoms with Crippen molar-refractivity contribution in [1.29, 1.82) is 0 Å². The van der Waals surface area contributed by atoms with E-state index in [9.17, 15) is 0 Å². The maximum atomic E-state index is 4.67. The van der Waals surface area contributed by atoms with Gasteiger partial charge in [0.25, 0.3) is 0 Å². The van der Waals surface area contributed by atoms with Gasteiger partial charge in [-0.05, 0) is 74.6 Å². The minimum absolute atomic E-state index is 0.436. The van der Waals surface area contributed by atoms with Crippen LogP contribution < -0.4 is 5.32 Å². The Balaban J connectivity index is 1.51. The van der Waals surface area contributed by atoms with Crippen LogP contribution in [0.15, 0.2) is 146 Å². The third kappa shape index (κ3) is 4.30. The summed E-state index contributed by atoms with van der Waals surface area (Å²) < 4.78 is 0. The molecule has 0 unspecified atom stereocenters. The summed E-state index contributed by atoms with van der Waals surface area (Å²) in [5.74, 6) is 0. The number of hydrogen-bond donors (Lipinski definition) is 1. The highest BCUT2D eigenvalue weighted by atomic mass is 14.8. The van der Waals surface area contributed by atoms with Crippen molar-refractivity contribution in [2.75, 3.05) is 7.05 Å². The van der Waals surface area contributed by atoms with Gasteiger partial charge in [0.05, 0.1) is 5.41 Å². The monoisotopic (exact) mass is 503 g/mol. The van der Waals surface area contributed by atoms with Crippen LogP contribution in [0.1, 0.15) is 46.2 Å². The first kappa shape index (κ1) is 24.7. The van der Waals surface area contributed by atoms with Gasteiger partial charge < -0.3 is 5.32 Å². The maximum Gasteiger partial charge on any atom is 0.0713 e. The highest BCUT2D eigenvalue weighted by molar-refractivity contribution is 5.85. The molecular formula is C38H33N. The summed E-state index contributed by atoms with van der Waals surface area (Å²) in [7, 11) is 1.96. The minimum Gasteiger partial charge on any atom is -0.394 e. The molecule has 0 saturated heterocycles. The molecule has 2 bridgehead atoms. The lowest BCUT2D eigenvalue weighted by Gasteiger charge is -2.42. The molecule has 0 spiro atoms. The van der Waals surface area contributed by atoms with E-state index in [1.807, 2.05) is 7.05 Å². The van der Waals surface area contributed by atoms with Crippen LogP contribution in [0.2, 0.25) is 0 Å². The first-order chi connectivity index (χ1) is 19.2. The number of hydrogen-bond acceptors (Lipinski definition) is 1. The van der Waals surface area contributed by atoms with Gasteiger partial charge in [0.2, 0.25) is 0 Å². The molecule has 5 aromatic rings. The van der Waals surface area contributed by atoms with Gasteiger partial charge in [0.1, 0.15) is 0 Å². The third-order valence-electron chi connectivity index (χ3n) is 8.02. The molecule has 39 heavy (non-hydrogen) atoms. The summed E-state index contributed by atoms with van der Waals surface area (Å²) in [6.07, 6.45) is 3.89. The Morgan fingerprint density at radius 1 is 0.667 bits per heavy atom. The Hall–Kier alpha value is -4.62. The van der Waals surface area contributed by atoms with E-state index in [0.717, 1.165) is 18.4 Å². The van der Waals surface area contributed by atoms with Gasteiger partial charge in [0.15, 0.2) is 0 Å². The lowest BCUT2D eigenvalue weighted by molar-refractivity contribution is 0.736. The maximum absolute atomic E-state index is 4.67. The van der Waals surface area contributed by atoms with Crippen molar-refractivity contribution in [3.63, 3.8) is 0 Å². The largest absolute Gasteiger partial charge is 0.394 e. The van der Waals surface area contributed by atoms with Crippen LogP contribution in [-0.2, 0) is 5.41 Å². The Morgan fingerprint density at radius 2 is 1.26 bits per heavy atom. The molecule has 0 saturated carbocycles. The van der Waals surface area contributed by atoms with Gasteiger partial charge in [-0.1, -0.05) is 134 Å². The molecule has 0 atom stereocenters. The summed E-state index contributed by atoms with van der Waals surface area (Å²) >= 11 is 0. The lowest BCUT2D eigenvalue weighted by atomic mass is 9.59. The SMILES string of the molecule is C=C(CC/C(=C\NC)c1ccccc1)c1ccc2cc1C(c1ccccc1)(c1ccccc1)c1ccccc1-2. The van der Waals surface area contributed by atoms with E-state index in [4.69, 9.17) is 0 Å². The van der Waals surface area contributed by atoms with Crippen LogP contribution in [-0.4, -0.2) is 7.05 Å². The molecule has 1 heteroatoms. The predicted octanol–water partition coefficient (Wildman–Crippen LogP) is 9.10. The van der Waals surface area contributed by atoms with Crippen molar-refractivity contribution in [3.8, 4) is 11.1 Å². The molecular weight excluding hydrogens is 470 g/mol. The fourth-order valence-corrected chi connectivity index (χ4v) is 6.25. The molecule has 0 aromatic heterocycles. The second-order valence-electron chi connectivity index (χ2n) is 10.2. The van der Waals surface area contributed by atoms with E-state index in [0.29, 0.717) is 0 Å². The van der Waals surface area contributed by atoms with Gasteiger partial charge in [0, 0.05) is 13.2 Å². The molecule has 0 radical (unpaired) electrons. The second kappa shape index (κ2) is 10.6. The average Bonchev–Trinajstić information content (AvgIpc) is 3.01. The van der Waals surface area contributed by atoms with Gasteiger partial charge in [-0.15, -0.1) is 0 Å². The fourth-order valence-electron chi connectivity index (χ4n) is 6.25. The standard InChI is InChI=1S/C38H33N/c1-28(22-23-31(27-39-2)29-14-6-3-7-15-29)34-25-24-30-26-37(34)38(32-16-8-4-9-17-32,33-18-10-5-11-19-33)36-21-13-12-20-35(30)36/h3-21,24-27,39H,1,22-23H2,2H3/b31-27+. The van der Waals surface area contributed by atoms with Crippen molar-refractivity contribution >= 4 is 11.1 Å². The zero-order chi connectivity index (χ0) is 26.7. The Labute approximate surface area is 232 Å². The first-order valence-electron chi connectivity index (χ1n) is 13.7. The number of allylic oxidation sites excluding steroid dienone is 2. The van der Waals surface area contributed by atoms with E-state index < -0.39 is 5.41 Å². The molecule has 1 nitrogen and oxygen atoms in total. The summed E-state index contributed by atoms with van der Waals surface area (Å²) in [5, 5.41) is 3.24. The van der Waals surface area contributed by atoms with Crippen molar-refractivity contribution in [2.24, 2.45) is 0 Å². The highest BCUT2D eigenvalue weighted by Gasteiger charge is 2.43. The van der Waals surface area contributed by atoms with Crippen LogP contribution in [0.5, 0.6) is 0 Å². The number of nitrogens with one attached hydrogen (secondary N) is 1. The topological polar surface area (TPSA) is 12.0 Å². The molecule has 0 amide bonds. The molecule has 0 aliphatic heterocycles. The van der Waals surface area contributed by atoms with E-state index in [1.165, 1.54) is 50.1 Å². The quantitative estimate of drug-likeness (QED) is 0.218. The van der Waals surface area contributed by atoms with Crippen molar-refractivity contribution in [1.82, 2.24) is 5.32 Å². The Kier molecular flexibility index (Phi) is 6.73. The Bertz CT molecular complexity index is 1590. The molecule has 6 rings (SSSR count). The zero-order valence-electron chi connectivity index (χ0n) is 22.4. The summed E-state index contributed by atoms with van der Waals surface area (Å²) in [6, 6.07) is 48.4. The van der Waals surface area contributed by atoms with Crippen LogP contribution in [0, 0.1) is 0 Å². The third-order valence-corrected chi connectivity index (χ3v) is 8.02. The predicted molar refractivity (Wildman–Crippen MR) is 165 cm³/mol. The van der Waals surface area contributed by atoms with Crippen molar-refractivity contribution in [2.45, 2.75) is 18.3 Å². The molecule has 190 valence electrons. The average molecular weight is 504 g/mol. The lowest BCUT2D eigenvalue weighted by Crippen LogP contribution is -2.34. The van der Waals surface area contributed by atoms with Crippen molar-refractivity contribution < 1.29 is 0 Å². The molecule has 1 aliphatic carbocycles. The highest BCUT2D eigenvalue weighted by Crippen LogP contribution is 2.54. The van der Waals surface area contributed by atoms with Crippen LogP contribution in [0.25, 0.3) is 22.3 Å². The summed E-state index contributed by atoms with van der Waals surface area (Å²) in [4.78, 5) is 0. The van der Waals surface area contributed by atoms with Crippen LogP contribution in [0.3, 0.4) is 0 Å². The zero-order valence-corrected chi connectivity index (χ0v) is 22.4. The number of fused-ring (bicyclic) bond motifs is 4.